The molecular weight excluding hydrogens is 590 g/mol. The van der Waals surface area contributed by atoms with E-state index in [0.717, 1.165) is 89.0 Å². The second kappa shape index (κ2) is 11.2. The quantitative estimate of drug-likeness (QED) is 0.306. The molecule has 0 saturated carbocycles. The lowest BCUT2D eigenvalue weighted by Gasteiger charge is -2.27. The number of benzene rings is 1. The number of nitrogens with zero attached hydrogens (tertiary/aromatic N) is 1. The predicted molar refractivity (Wildman–Crippen MR) is 136 cm³/mol. The maximum atomic E-state index is 11.7. The molecule has 6 heteroatoms. The number of Topliss-reactive ketones (excluding diaryl/α,β-unsaturated/α-hetero) is 1. The Labute approximate surface area is 201 Å². The third-order valence-corrected chi connectivity index (χ3v) is 7.23. The van der Waals surface area contributed by atoms with Crippen LogP contribution >= 0.6 is 45.2 Å². The molecule has 3 rings (SSSR count). The van der Waals surface area contributed by atoms with E-state index in [1.54, 1.807) is 6.92 Å². The van der Waals surface area contributed by atoms with Crippen LogP contribution < -0.4 is 10.1 Å². The molecule has 1 aromatic rings. The van der Waals surface area contributed by atoms with Crippen LogP contribution in [-0.4, -0.2) is 43.4 Å². The minimum Gasteiger partial charge on any atom is -0.459 e. The maximum absolute atomic E-state index is 11.7. The Kier molecular flexibility index (Phi) is 9.01. The molecule has 1 aliphatic heterocycles. The van der Waals surface area contributed by atoms with Gasteiger partial charge in [-0.3, -0.25) is 4.79 Å². The monoisotopic (exact) mass is 620 g/mol. The summed E-state index contributed by atoms with van der Waals surface area (Å²) in [5.74, 6) is 2.08. The molecule has 1 fully saturated rings. The summed E-state index contributed by atoms with van der Waals surface area (Å²) in [4.78, 5) is 14.3. The number of carbonyl (C=O) groups excluding carboxylic acids is 1. The van der Waals surface area contributed by atoms with Gasteiger partial charge in [0.05, 0.1) is 7.14 Å². The number of nitrogens with one attached hydrogen (secondary N) is 1. The van der Waals surface area contributed by atoms with Crippen molar-refractivity contribution in [3.63, 3.8) is 0 Å². The summed E-state index contributed by atoms with van der Waals surface area (Å²) in [7, 11) is 0. The lowest BCUT2D eigenvalue weighted by atomic mass is 9.93. The maximum Gasteiger partial charge on any atom is 0.159 e. The SMILES string of the molecule is CCC1=CC(CCCN2CCNCC2)=C(Oc2c(I)cc(C(C)=O)cc2I)CC1. The topological polar surface area (TPSA) is 41.6 Å². The number of halogens is 2. The normalized spacial score (nSPS) is 18.0. The van der Waals surface area contributed by atoms with E-state index in [1.807, 2.05) is 12.1 Å². The summed E-state index contributed by atoms with van der Waals surface area (Å²) in [6, 6.07) is 3.86. The highest BCUT2D eigenvalue weighted by atomic mass is 127. The molecule has 0 radical (unpaired) electrons. The van der Waals surface area contributed by atoms with Crippen LogP contribution in [0.1, 0.15) is 56.3 Å². The zero-order valence-electron chi connectivity index (χ0n) is 17.3. The molecule has 0 spiro atoms. The Hall–Kier alpha value is -0.450. The molecule has 1 aliphatic carbocycles. The molecule has 0 amide bonds. The van der Waals surface area contributed by atoms with E-state index in [2.05, 4.69) is 68.4 Å². The molecule has 1 heterocycles. The molecule has 1 N–H and O–H groups in total. The third kappa shape index (κ3) is 6.51. The lowest BCUT2D eigenvalue weighted by Crippen LogP contribution is -2.43. The zero-order valence-corrected chi connectivity index (χ0v) is 21.6. The number of allylic oxidation sites excluding steroid dienone is 4. The van der Waals surface area contributed by atoms with Crippen molar-refractivity contribution in [1.29, 1.82) is 0 Å². The number of piperazine rings is 1. The fourth-order valence-electron chi connectivity index (χ4n) is 3.85. The fourth-order valence-corrected chi connectivity index (χ4v) is 5.84. The average molecular weight is 620 g/mol. The summed E-state index contributed by atoms with van der Waals surface area (Å²) in [5, 5.41) is 3.42. The molecule has 4 nitrogen and oxygen atoms in total. The van der Waals surface area contributed by atoms with E-state index in [4.69, 9.17) is 4.74 Å². The Morgan fingerprint density at radius 3 is 2.48 bits per heavy atom. The van der Waals surface area contributed by atoms with Gasteiger partial charge in [0.1, 0.15) is 5.76 Å². The summed E-state index contributed by atoms with van der Waals surface area (Å²) in [5.41, 5.74) is 3.62. The average Bonchev–Trinajstić information content (AvgIpc) is 2.72. The van der Waals surface area contributed by atoms with Crippen molar-refractivity contribution in [3.05, 3.63) is 47.8 Å². The summed E-state index contributed by atoms with van der Waals surface area (Å²) in [6.45, 7) is 9.50. The molecule has 158 valence electrons. The van der Waals surface area contributed by atoms with Crippen molar-refractivity contribution in [3.8, 4) is 5.75 Å². The van der Waals surface area contributed by atoms with Crippen molar-refractivity contribution in [2.45, 2.75) is 46.0 Å². The van der Waals surface area contributed by atoms with Crippen molar-refractivity contribution in [1.82, 2.24) is 10.2 Å². The van der Waals surface area contributed by atoms with Crippen LogP contribution in [0.15, 0.2) is 35.1 Å². The van der Waals surface area contributed by atoms with E-state index >= 15 is 0 Å². The van der Waals surface area contributed by atoms with E-state index in [0.29, 0.717) is 0 Å². The van der Waals surface area contributed by atoms with Gasteiger partial charge in [-0.2, -0.15) is 0 Å². The second-order valence-corrected chi connectivity index (χ2v) is 10.1. The van der Waals surface area contributed by atoms with Crippen LogP contribution in [0.3, 0.4) is 0 Å². The van der Waals surface area contributed by atoms with Gasteiger partial charge in [0.15, 0.2) is 11.5 Å². The highest BCUT2D eigenvalue weighted by Crippen LogP contribution is 2.35. The first-order chi connectivity index (χ1) is 14.0. The summed E-state index contributed by atoms with van der Waals surface area (Å²) >= 11 is 4.57. The van der Waals surface area contributed by atoms with Crippen molar-refractivity contribution >= 4 is 51.0 Å². The number of hydrogen-bond acceptors (Lipinski definition) is 4. The van der Waals surface area contributed by atoms with Gasteiger partial charge in [0.25, 0.3) is 0 Å². The van der Waals surface area contributed by atoms with Gasteiger partial charge in [-0.15, -0.1) is 0 Å². The highest BCUT2D eigenvalue weighted by Gasteiger charge is 2.19. The first kappa shape index (κ1) is 23.2. The van der Waals surface area contributed by atoms with E-state index in [9.17, 15) is 4.79 Å². The number of rotatable bonds is 8. The Bertz CT molecular complexity index is 788. The fraction of sp³-hybridized carbons (Fsp3) is 0.522. The van der Waals surface area contributed by atoms with Crippen molar-refractivity contribution < 1.29 is 9.53 Å². The number of ether oxygens (including phenoxy) is 1. The molecule has 29 heavy (non-hydrogen) atoms. The Balaban J connectivity index is 1.76. The van der Waals surface area contributed by atoms with Gasteiger partial charge in [-0.05, 0) is 102 Å². The predicted octanol–water partition coefficient (Wildman–Crippen LogP) is 5.55. The van der Waals surface area contributed by atoms with Crippen LogP contribution in [0, 0.1) is 7.14 Å². The number of hydrogen-bond donors (Lipinski definition) is 1. The van der Waals surface area contributed by atoms with Gasteiger partial charge >= 0.3 is 0 Å². The first-order valence-electron chi connectivity index (χ1n) is 10.5. The van der Waals surface area contributed by atoms with Crippen LogP contribution in [0.5, 0.6) is 5.75 Å². The molecule has 0 atom stereocenters. The largest absolute Gasteiger partial charge is 0.459 e. The Morgan fingerprint density at radius 1 is 1.17 bits per heavy atom. The van der Waals surface area contributed by atoms with Crippen molar-refractivity contribution in [2.24, 2.45) is 0 Å². The van der Waals surface area contributed by atoms with E-state index < -0.39 is 0 Å². The van der Waals surface area contributed by atoms with Gasteiger partial charge < -0.3 is 15.0 Å². The van der Waals surface area contributed by atoms with Crippen LogP contribution in [0.2, 0.25) is 0 Å². The lowest BCUT2D eigenvalue weighted by molar-refractivity contribution is 0.101. The molecule has 0 bridgehead atoms. The minimum absolute atomic E-state index is 0.0911. The number of ketones is 1. The van der Waals surface area contributed by atoms with Crippen LogP contribution in [-0.2, 0) is 0 Å². The standard InChI is InChI=1S/C23H30I2N2O2/c1-3-17-6-7-22(18(13-17)5-4-10-27-11-8-26-9-12-27)29-23-20(24)14-19(16(2)28)15-21(23)25/h13-15,26H,3-12H2,1-2H3. The van der Waals surface area contributed by atoms with Crippen molar-refractivity contribution in [2.75, 3.05) is 32.7 Å². The molecule has 1 aromatic carbocycles. The van der Waals surface area contributed by atoms with E-state index in [1.165, 1.54) is 11.1 Å². The molecule has 1 saturated heterocycles. The van der Waals surface area contributed by atoms with Gasteiger partial charge in [-0.25, -0.2) is 0 Å². The molecular formula is C23H30I2N2O2. The van der Waals surface area contributed by atoms with Crippen LogP contribution in [0.25, 0.3) is 0 Å². The smallest absolute Gasteiger partial charge is 0.159 e. The summed E-state index contributed by atoms with van der Waals surface area (Å²) in [6.07, 6.45) is 7.74. The Morgan fingerprint density at radius 2 is 1.86 bits per heavy atom. The highest BCUT2D eigenvalue weighted by molar-refractivity contribution is 14.1. The molecule has 0 aromatic heterocycles. The van der Waals surface area contributed by atoms with E-state index in [-0.39, 0.29) is 5.78 Å². The van der Waals surface area contributed by atoms with Gasteiger partial charge in [-0.1, -0.05) is 18.6 Å². The number of carbonyl (C=O) groups is 1. The zero-order chi connectivity index (χ0) is 20.8. The van der Waals surface area contributed by atoms with Crippen LogP contribution in [0.4, 0.5) is 0 Å². The van der Waals surface area contributed by atoms with Gasteiger partial charge in [0, 0.05) is 38.2 Å². The first-order valence-corrected chi connectivity index (χ1v) is 12.7. The van der Waals surface area contributed by atoms with Gasteiger partial charge in [0.2, 0.25) is 0 Å². The second-order valence-electron chi connectivity index (χ2n) is 7.73. The minimum atomic E-state index is 0.0911. The molecule has 2 aliphatic rings. The molecule has 0 unspecified atom stereocenters. The third-order valence-electron chi connectivity index (χ3n) is 5.62. The summed E-state index contributed by atoms with van der Waals surface area (Å²) < 4.78 is 8.48.